The monoisotopic (exact) mass is 634 g/mol. The Morgan fingerprint density at radius 1 is 0.702 bits per heavy atom. The summed E-state index contributed by atoms with van der Waals surface area (Å²) < 4.78 is 17.5. The molecule has 3 atom stereocenters. The van der Waals surface area contributed by atoms with Crippen LogP contribution in [0.3, 0.4) is 0 Å². The molecule has 1 aliphatic rings. The minimum Gasteiger partial charge on any atom is -0.459 e. The Bertz CT molecular complexity index is 1620. The molecule has 0 fully saturated rings. The minimum atomic E-state index is -1.16. The van der Waals surface area contributed by atoms with Crippen molar-refractivity contribution in [2.45, 2.75) is 70.4 Å². The summed E-state index contributed by atoms with van der Waals surface area (Å²) in [5.74, 6) is -1.32. The molecular weight excluding hydrogens is 592 g/mol. The van der Waals surface area contributed by atoms with Crippen molar-refractivity contribution in [1.29, 1.82) is 0 Å². The van der Waals surface area contributed by atoms with Crippen molar-refractivity contribution < 1.29 is 28.6 Å². The molecule has 8 heteroatoms. The van der Waals surface area contributed by atoms with Crippen LogP contribution in [0.1, 0.15) is 55.9 Å². The summed E-state index contributed by atoms with van der Waals surface area (Å²) in [6, 6.07) is 32.7. The Morgan fingerprint density at radius 2 is 1.23 bits per heavy atom. The third-order valence-electron chi connectivity index (χ3n) is 8.02. The first-order chi connectivity index (χ1) is 22.6. The zero-order valence-corrected chi connectivity index (χ0v) is 27.3. The van der Waals surface area contributed by atoms with Crippen LogP contribution in [0.25, 0.3) is 11.1 Å². The number of ether oxygens (including phenoxy) is 3. The molecule has 0 spiro atoms. The second-order valence-corrected chi connectivity index (χ2v) is 12.7. The van der Waals surface area contributed by atoms with E-state index in [0.717, 1.165) is 33.4 Å². The molecule has 4 aromatic rings. The van der Waals surface area contributed by atoms with Gasteiger partial charge in [0.1, 0.15) is 25.3 Å². The summed E-state index contributed by atoms with van der Waals surface area (Å²) >= 11 is 0. The summed E-state index contributed by atoms with van der Waals surface area (Å²) in [4.78, 5) is 40.6. The summed E-state index contributed by atoms with van der Waals surface area (Å²) in [5.41, 5.74) is 5.45. The number of carbonyl (C=O) groups excluding carboxylic acids is 3. The fraction of sp³-hybridized carbons (Fsp3) is 0.308. The Labute approximate surface area is 276 Å². The predicted molar refractivity (Wildman–Crippen MR) is 181 cm³/mol. The SMILES string of the molecule is C[C@@H](OC(C)(C)C)[C@@H](NC(=O)OCC1c2ccccc2-c2ccccc21)C(=O)N[C@@H](Cc1ccccc1)C(=O)OCc1ccccc1. The van der Waals surface area contributed by atoms with Crippen LogP contribution < -0.4 is 10.6 Å². The van der Waals surface area contributed by atoms with E-state index in [4.69, 9.17) is 14.2 Å². The van der Waals surface area contributed by atoms with Gasteiger partial charge in [0.25, 0.3) is 0 Å². The first kappa shape index (κ1) is 33.4. The molecule has 244 valence electrons. The molecule has 0 saturated carbocycles. The van der Waals surface area contributed by atoms with Crippen LogP contribution in [-0.2, 0) is 36.8 Å². The number of hydrogen-bond donors (Lipinski definition) is 2. The van der Waals surface area contributed by atoms with E-state index < -0.39 is 41.8 Å². The molecule has 0 unspecified atom stereocenters. The minimum absolute atomic E-state index is 0.0613. The highest BCUT2D eigenvalue weighted by Crippen LogP contribution is 2.44. The van der Waals surface area contributed by atoms with E-state index in [1.165, 1.54) is 0 Å². The highest BCUT2D eigenvalue weighted by Gasteiger charge is 2.35. The van der Waals surface area contributed by atoms with E-state index in [-0.39, 0.29) is 25.6 Å². The van der Waals surface area contributed by atoms with E-state index in [1.54, 1.807) is 6.92 Å². The van der Waals surface area contributed by atoms with Gasteiger partial charge < -0.3 is 24.8 Å². The van der Waals surface area contributed by atoms with Crippen LogP contribution in [0.4, 0.5) is 4.79 Å². The first-order valence-corrected chi connectivity index (χ1v) is 15.9. The summed E-state index contributed by atoms with van der Waals surface area (Å²) in [6.45, 7) is 7.46. The topological polar surface area (TPSA) is 103 Å². The van der Waals surface area contributed by atoms with E-state index in [1.807, 2.05) is 118 Å². The van der Waals surface area contributed by atoms with Crippen LogP contribution in [0.2, 0.25) is 0 Å². The van der Waals surface area contributed by atoms with Gasteiger partial charge >= 0.3 is 12.1 Å². The molecule has 5 rings (SSSR count). The number of hydrogen-bond acceptors (Lipinski definition) is 6. The van der Waals surface area contributed by atoms with Crippen molar-refractivity contribution in [3.63, 3.8) is 0 Å². The average molecular weight is 635 g/mol. The number of benzene rings is 4. The number of amides is 2. The van der Waals surface area contributed by atoms with Crippen molar-refractivity contribution in [1.82, 2.24) is 10.6 Å². The van der Waals surface area contributed by atoms with Crippen molar-refractivity contribution in [2.24, 2.45) is 0 Å². The van der Waals surface area contributed by atoms with E-state index in [9.17, 15) is 14.4 Å². The van der Waals surface area contributed by atoms with Gasteiger partial charge in [-0.3, -0.25) is 4.79 Å². The van der Waals surface area contributed by atoms with Gasteiger partial charge in [-0.25, -0.2) is 9.59 Å². The Morgan fingerprint density at radius 3 is 1.81 bits per heavy atom. The molecule has 0 heterocycles. The fourth-order valence-corrected chi connectivity index (χ4v) is 5.92. The largest absolute Gasteiger partial charge is 0.459 e. The maximum Gasteiger partial charge on any atom is 0.407 e. The molecule has 0 radical (unpaired) electrons. The Hall–Kier alpha value is -4.95. The number of rotatable bonds is 12. The molecular formula is C39H42N2O6. The lowest BCUT2D eigenvalue weighted by Crippen LogP contribution is -2.57. The zero-order valence-electron chi connectivity index (χ0n) is 27.3. The lowest BCUT2D eigenvalue weighted by Gasteiger charge is -2.31. The average Bonchev–Trinajstić information content (AvgIpc) is 3.38. The van der Waals surface area contributed by atoms with Gasteiger partial charge in [-0.1, -0.05) is 109 Å². The number of nitrogens with one attached hydrogen (secondary N) is 2. The van der Waals surface area contributed by atoms with Crippen molar-refractivity contribution >= 4 is 18.0 Å². The maximum atomic E-state index is 13.9. The second kappa shape index (κ2) is 15.1. The Kier molecular flexibility index (Phi) is 10.7. The summed E-state index contributed by atoms with van der Waals surface area (Å²) in [7, 11) is 0. The van der Waals surface area contributed by atoms with E-state index in [0.29, 0.717) is 0 Å². The fourth-order valence-electron chi connectivity index (χ4n) is 5.92. The van der Waals surface area contributed by atoms with Gasteiger partial charge in [0, 0.05) is 12.3 Å². The second-order valence-electron chi connectivity index (χ2n) is 12.7. The molecule has 2 amide bonds. The van der Waals surface area contributed by atoms with Crippen LogP contribution >= 0.6 is 0 Å². The molecule has 2 N–H and O–H groups in total. The zero-order chi connectivity index (χ0) is 33.4. The number of alkyl carbamates (subject to hydrolysis) is 1. The van der Waals surface area contributed by atoms with Gasteiger partial charge in [-0.05, 0) is 61.1 Å². The van der Waals surface area contributed by atoms with Crippen LogP contribution in [-0.4, -0.2) is 48.4 Å². The molecule has 4 aromatic carbocycles. The maximum absolute atomic E-state index is 13.9. The first-order valence-electron chi connectivity index (χ1n) is 15.9. The lowest BCUT2D eigenvalue weighted by atomic mass is 9.98. The van der Waals surface area contributed by atoms with Gasteiger partial charge in [0.05, 0.1) is 11.7 Å². The van der Waals surface area contributed by atoms with Gasteiger partial charge in [-0.15, -0.1) is 0 Å². The van der Waals surface area contributed by atoms with Crippen LogP contribution in [0.5, 0.6) is 0 Å². The van der Waals surface area contributed by atoms with Crippen LogP contribution in [0.15, 0.2) is 109 Å². The predicted octanol–water partition coefficient (Wildman–Crippen LogP) is 6.57. The molecule has 0 aromatic heterocycles. The lowest BCUT2D eigenvalue weighted by molar-refractivity contribution is -0.150. The van der Waals surface area contributed by atoms with Crippen LogP contribution in [0, 0.1) is 0 Å². The standard InChI is InChI=1S/C39H42N2O6/c1-26(47-39(2,3)4)35(41-38(44)46-25-33-31-21-13-11-19-29(31)30-20-12-14-22-32(30)33)36(42)40-34(23-27-15-7-5-8-16-27)37(43)45-24-28-17-9-6-10-18-28/h5-22,26,33-35H,23-25H2,1-4H3,(H,40,42)(H,41,44)/t26-,34+,35-/m1/s1. The third kappa shape index (κ3) is 8.86. The summed E-state index contributed by atoms with van der Waals surface area (Å²) in [5, 5.41) is 5.56. The molecule has 1 aliphatic carbocycles. The van der Waals surface area contributed by atoms with E-state index in [2.05, 4.69) is 22.8 Å². The Balaban J connectivity index is 1.30. The highest BCUT2D eigenvalue weighted by molar-refractivity contribution is 5.90. The van der Waals surface area contributed by atoms with Crippen molar-refractivity contribution in [3.05, 3.63) is 131 Å². The molecule has 8 nitrogen and oxygen atoms in total. The molecule has 0 bridgehead atoms. The molecule has 0 saturated heterocycles. The normalized spacial score (nSPS) is 14.2. The van der Waals surface area contributed by atoms with Gasteiger partial charge in [0.15, 0.2) is 0 Å². The van der Waals surface area contributed by atoms with Gasteiger partial charge in [-0.2, -0.15) is 0 Å². The smallest absolute Gasteiger partial charge is 0.407 e. The van der Waals surface area contributed by atoms with E-state index >= 15 is 0 Å². The molecule has 0 aliphatic heterocycles. The van der Waals surface area contributed by atoms with Gasteiger partial charge in [0.2, 0.25) is 5.91 Å². The number of carbonyl (C=O) groups is 3. The third-order valence-corrected chi connectivity index (χ3v) is 8.02. The quantitative estimate of drug-likeness (QED) is 0.171. The number of fused-ring (bicyclic) bond motifs is 3. The van der Waals surface area contributed by atoms with Crippen molar-refractivity contribution in [2.75, 3.05) is 6.61 Å². The highest BCUT2D eigenvalue weighted by atomic mass is 16.6. The summed E-state index contributed by atoms with van der Waals surface area (Å²) in [6.07, 6.45) is -1.32. The number of esters is 1. The molecule has 47 heavy (non-hydrogen) atoms. The van der Waals surface area contributed by atoms with Crippen molar-refractivity contribution in [3.8, 4) is 11.1 Å².